The number of hydrogen-bond acceptors (Lipinski definition) is 3. The molecule has 1 aliphatic rings. The van der Waals surface area contributed by atoms with Crippen molar-refractivity contribution in [2.45, 2.75) is 44.6 Å². The molecule has 0 bridgehead atoms. The van der Waals surface area contributed by atoms with Gasteiger partial charge >= 0.3 is 6.18 Å². The molecule has 2 heterocycles. The molecular weight excluding hydrogens is 413 g/mol. The lowest BCUT2D eigenvalue weighted by molar-refractivity contribution is -0.173. The molecule has 0 radical (unpaired) electrons. The number of nitrogens with zero attached hydrogens (tertiary/aromatic N) is 2. The Hall–Kier alpha value is -2.03. The molecule has 1 aliphatic heterocycles. The molecule has 1 aromatic heterocycles. The number of amides is 1. The van der Waals surface area contributed by atoms with E-state index in [4.69, 9.17) is 0 Å². The molecule has 140 valence electrons. The van der Waals surface area contributed by atoms with Crippen LogP contribution in [0.2, 0.25) is 0 Å². The number of fused-ring (bicyclic) bond motifs is 1. The molecule has 0 spiro atoms. The zero-order chi connectivity index (χ0) is 19.1. The fourth-order valence-corrected chi connectivity index (χ4v) is 3.20. The highest BCUT2D eigenvalue weighted by molar-refractivity contribution is 9.10. The molecule has 2 atom stereocenters. The maximum absolute atomic E-state index is 13.6. The van der Waals surface area contributed by atoms with Gasteiger partial charge in [0.15, 0.2) is 11.7 Å². The minimum atomic E-state index is -4.47. The highest BCUT2D eigenvalue weighted by atomic mass is 79.9. The topological polar surface area (TPSA) is 59.0 Å². The molecule has 1 amide bonds. The molecule has 2 unspecified atom stereocenters. The van der Waals surface area contributed by atoms with Crippen LogP contribution < -0.4 is 10.6 Å². The summed E-state index contributed by atoms with van der Waals surface area (Å²) in [4.78, 5) is 12.1. The second kappa shape index (κ2) is 6.94. The number of halogens is 4. The van der Waals surface area contributed by atoms with Crippen molar-refractivity contribution < 1.29 is 18.0 Å². The van der Waals surface area contributed by atoms with Crippen molar-refractivity contribution in [1.82, 2.24) is 15.1 Å². The molecule has 9 heteroatoms. The lowest BCUT2D eigenvalue weighted by Gasteiger charge is -2.33. The van der Waals surface area contributed by atoms with Crippen LogP contribution in [-0.2, 0) is 0 Å². The van der Waals surface area contributed by atoms with Gasteiger partial charge in [0, 0.05) is 23.0 Å². The van der Waals surface area contributed by atoms with Crippen molar-refractivity contribution in [3.8, 4) is 0 Å². The highest BCUT2D eigenvalue weighted by Crippen LogP contribution is 2.43. The van der Waals surface area contributed by atoms with Crippen LogP contribution in [-0.4, -0.2) is 27.9 Å². The SMILES string of the molecule is CC(C)NC(=O)c1cc2n(n1)C(C(F)(F)F)CC(c1ccc(Br)cc1)N2. The second-order valence-electron chi connectivity index (χ2n) is 6.53. The van der Waals surface area contributed by atoms with Gasteiger partial charge < -0.3 is 10.6 Å². The predicted molar refractivity (Wildman–Crippen MR) is 95.0 cm³/mol. The minimum Gasteiger partial charge on any atom is -0.363 e. The van der Waals surface area contributed by atoms with Crippen molar-refractivity contribution in [3.63, 3.8) is 0 Å². The predicted octanol–water partition coefficient (Wildman–Crippen LogP) is 4.44. The van der Waals surface area contributed by atoms with E-state index in [9.17, 15) is 18.0 Å². The summed E-state index contributed by atoms with van der Waals surface area (Å²) in [6.07, 6.45) is -4.67. The maximum Gasteiger partial charge on any atom is 0.410 e. The molecule has 2 aromatic rings. The van der Waals surface area contributed by atoms with Crippen molar-refractivity contribution in [1.29, 1.82) is 0 Å². The van der Waals surface area contributed by atoms with Crippen LogP contribution >= 0.6 is 15.9 Å². The van der Waals surface area contributed by atoms with Crippen molar-refractivity contribution in [2.24, 2.45) is 0 Å². The van der Waals surface area contributed by atoms with E-state index >= 15 is 0 Å². The van der Waals surface area contributed by atoms with Crippen molar-refractivity contribution >= 4 is 27.7 Å². The summed E-state index contributed by atoms with van der Waals surface area (Å²) in [5.41, 5.74) is 0.704. The molecule has 0 fully saturated rings. The van der Waals surface area contributed by atoms with E-state index in [1.54, 1.807) is 38.1 Å². The summed E-state index contributed by atoms with van der Waals surface area (Å²) in [6.45, 7) is 3.54. The number of alkyl halides is 3. The molecule has 0 saturated carbocycles. The smallest absolute Gasteiger partial charge is 0.363 e. The number of rotatable bonds is 3. The molecular formula is C17H18BrF3N4O. The third kappa shape index (κ3) is 3.87. The van der Waals surface area contributed by atoms with Gasteiger partial charge in [-0.3, -0.25) is 4.79 Å². The average molecular weight is 431 g/mol. The summed E-state index contributed by atoms with van der Waals surface area (Å²) in [5.74, 6) is -0.315. The Morgan fingerprint density at radius 1 is 1.35 bits per heavy atom. The van der Waals surface area contributed by atoms with E-state index in [1.807, 2.05) is 0 Å². The van der Waals surface area contributed by atoms with Gasteiger partial charge in [0.25, 0.3) is 5.91 Å². The zero-order valence-corrected chi connectivity index (χ0v) is 15.7. The molecule has 26 heavy (non-hydrogen) atoms. The van der Waals surface area contributed by atoms with E-state index in [0.29, 0.717) is 0 Å². The summed E-state index contributed by atoms with van der Waals surface area (Å²) in [7, 11) is 0. The molecule has 0 aliphatic carbocycles. The van der Waals surface area contributed by atoms with Gasteiger partial charge in [-0.25, -0.2) is 4.68 Å². The number of aromatic nitrogens is 2. The van der Waals surface area contributed by atoms with E-state index in [2.05, 4.69) is 31.7 Å². The lowest BCUT2D eigenvalue weighted by atomic mass is 9.97. The average Bonchev–Trinajstić information content (AvgIpc) is 2.97. The number of hydrogen-bond donors (Lipinski definition) is 2. The van der Waals surface area contributed by atoms with Crippen LogP contribution in [0, 0.1) is 0 Å². The number of benzene rings is 1. The normalized spacial score (nSPS) is 19.8. The second-order valence-corrected chi connectivity index (χ2v) is 7.44. The van der Waals surface area contributed by atoms with Gasteiger partial charge in [-0.1, -0.05) is 28.1 Å². The van der Waals surface area contributed by atoms with Gasteiger partial charge in [-0.2, -0.15) is 18.3 Å². The maximum atomic E-state index is 13.6. The third-order valence-corrected chi connectivity index (χ3v) is 4.64. The van der Waals surface area contributed by atoms with Gasteiger partial charge in [0.05, 0.1) is 6.04 Å². The van der Waals surface area contributed by atoms with Crippen LogP contribution in [0.1, 0.15) is 48.4 Å². The van der Waals surface area contributed by atoms with E-state index < -0.39 is 24.2 Å². The van der Waals surface area contributed by atoms with Gasteiger partial charge in [-0.15, -0.1) is 0 Å². The summed E-state index contributed by atoms with van der Waals surface area (Å²) in [6, 6.07) is 6.01. The minimum absolute atomic E-state index is 0.0353. The zero-order valence-electron chi connectivity index (χ0n) is 14.1. The van der Waals surface area contributed by atoms with Crippen LogP contribution in [0.15, 0.2) is 34.8 Å². The Labute approximate surface area is 157 Å². The Balaban J connectivity index is 1.96. The molecule has 0 saturated heterocycles. The Bertz CT molecular complexity index is 801. The van der Waals surface area contributed by atoms with Gasteiger partial charge in [0.2, 0.25) is 0 Å². The summed E-state index contributed by atoms with van der Waals surface area (Å²) >= 11 is 3.32. The number of nitrogens with one attached hydrogen (secondary N) is 2. The van der Waals surface area contributed by atoms with Crippen LogP contribution in [0.3, 0.4) is 0 Å². The van der Waals surface area contributed by atoms with Crippen molar-refractivity contribution in [2.75, 3.05) is 5.32 Å². The first-order valence-electron chi connectivity index (χ1n) is 8.14. The Morgan fingerprint density at radius 3 is 2.58 bits per heavy atom. The number of carbonyl (C=O) groups excluding carboxylic acids is 1. The van der Waals surface area contributed by atoms with Crippen molar-refractivity contribution in [3.05, 3.63) is 46.1 Å². The quantitative estimate of drug-likeness (QED) is 0.756. The third-order valence-electron chi connectivity index (χ3n) is 4.11. The van der Waals surface area contributed by atoms with Crippen LogP contribution in [0.4, 0.5) is 19.0 Å². The lowest BCUT2D eigenvalue weighted by Crippen LogP contribution is -2.36. The monoisotopic (exact) mass is 430 g/mol. The molecule has 3 rings (SSSR count). The Kier molecular flexibility index (Phi) is 5.01. The Morgan fingerprint density at radius 2 is 2.00 bits per heavy atom. The first-order chi connectivity index (χ1) is 12.1. The molecule has 1 aromatic carbocycles. The number of carbonyl (C=O) groups is 1. The van der Waals surface area contributed by atoms with Crippen LogP contribution in [0.25, 0.3) is 0 Å². The molecule has 2 N–H and O–H groups in total. The molecule has 5 nitrogen and oxygen atoms in total. The van der Waals surface area contributed by atoms with E-state index in [1.165, 1.54) is 6.07 Å². The van der Waals surface area contributed by atoms with Gasteiger partial charge in [0.1, 0.15) is 5.82 Å². The fraction of sp³-hybridized carbons (Fsp3) is 0.412. The van der Waals surface area contributed by atoms with E-state index in [0.717, 1.165) is 14.7 Å². The first kappa shape index (κ1) is 18.8. The summed E-state index contributed by atoms with van der Waals surface area (Å²) < 4.78 is 42.5. The first-order valence-corrected chi connectivity index (χ1v) is 8.93. The number of anilines is 1. The van der Waals surface area contributed by atoms with Gasteiger partial charge in [-0.05, 0) is 31.5 Å². The fourth-order valence-electron chi connectivity index (χ4n) is 2.93. The highest BCUT2D eigenvalue weighted by Gasteiger charge is 2.46. The summed E-state index contributed by atoms with van der Waals surface area (Å²) in [5, 5.41) is 9.62. The standard InChI is InChI=1S/C17H18BrF3N4O/c1-9(2)22-16(26)13-8-15-23-12(10-3-5-11(18)6-4-10)7-14(17(19,20)21)25(15)24-13/h3-6,8-9,12,14,23H,7H2,1-2H3,(H,22,26). The largest absolute Gasteiger partial charge is 0.410 e. The van der Waals surface area contributed by atoms with Crippen LogP contribution in [0.5, 0.6) is 0 Å². The van der Waals surface area contributed by atoms with E-state index in [-0.39, 0.29) is 24.0 Å².